The van der Waals surface area contributed by atoms with Crippen LogP contribution in [0.15, 0.2) is 54.6 Å². The number of phenols is 1. The second kappa shape index (κ2) is 6.33. The van der Waals surface area contributed by atoms with Crippen molar-refractivity contribution < 1.29 is 15.0 Å². The van der Waals surface area contributed by atoms with Gasteiger partial charge in [-0.1, -0.05) is 42.5 Å². The van der Waals surface area contributed by atoms with Crippen LogP contribution in [0.2, 0.25) is 0 Å². The quantitative estimate of drug-likeness (QED) is 0.791. The normalized spacial score (nSPS) is 9.00. The first kappa shape index (κ1) is 12.8. The standard InChI is InChI=1S/C12H10O.C2H4O2/c13-12-8-4-7-11(9-12)10-5-2-1-3-6-10;1-2(3)4/h1-9,13H;1H3,(H,3,4). The Kier molecular flexibility index (Phi) is 4.76. The number of hydrogen-bond donors (Lipinski definition) is 2. The van der Waals surface area contributed by atoms with Gasteiger partial charge >= 0.3 is 0 Å². The number of phenolic OH excluding ortho intramolecular Hbond substituents is 1. The molecule has 0 unspecified atom stereocenters. The minimum atomic E-state index is -0.833. The van der Waals surface area contributed by atoms with E-state index >= 15 is 0 Å². The van der Waals surface area contributed by atoms with Crippen molar-refractivity contribution in [2.24, 2.45) is 0 Å². The molecule has 0 heterocycles. The smallest absolute Gasteiger partial charge is 0.300 e. The molecule has 88 valence electrons. The van der Waals surface area contributed by atoms with Crippen molar-refractivity contribution in [1.82, 2.24) is 0 Å². The molecule has 0 saturated heterocycles. The number of hydrogen-bond acceptors (Lipinski definition) is 2. The van der Waals surface area contributed by atoms with Crippen molar-refractivity contribution in [2.45, 2.75) is 6.92 Å². The third kappa shape index (κ3) is 4.84. The van der Waals surface area contributed by atoms with E-state index in [0.29, 0.717) is 5.75 Å². The number of carboxylic acids is 1. The van der Waals surface area contributed by atoms with Gasteiger partial charge in [0, 0.05) is 6.92 Å². The van der Waals surface area contributed by atoms with Crippen LogP contribution in [0.1, 0.15) is 6.92 Å². The van der Waals surface area contributed by atoms with Gasteiger partial charge < -0.3 is 10.2 Å². The maximum Gasteiger partial charge on any atom is 0.300 e. The molecule has 2 N–H and O–H groups in total. The van der Waals surface area contributed by atoms with Crippen LogP contribution in [0.4, 0.5) is 0 Å². The zero-order chi connectivity index (χ0) is 12.7. The molecule has 3 heteroatoms. The van der Waals surface area contributed by atoms with E-state index in [4.69, 9.17) is 9.90 Å². The Hall–Kier alpha value is -2.29. The van der Waals surface area contributed by atoms with Crippen molar-refractivity contribution in [3.8, 4) is 16.9 Å². The average Bonchev–Trinajstić information content (AvgIpc) is 2.29. The average molecular weight is 230 g/mol. The van der Waals surface area contributed by atoms with Crippen LogP contribution in [-0.2, 0) is 4.79 Å². The fraction of sp³-hybridized carbons (Fsp3) is 0.0714. The molecule has 2 aromatic rings. The maximum absolute atomic E-state index is 9.27. The van der Waals surface area contributed by atoms with Gasteiger partial charge in [0.2, 0.25) is 0 Å². The van der Waals surface area contributed by atoms with E-state index in [1.807, 2.05) is 42.5 Å². The molecule has 0 spiro atoms. The summed E-state index contributed by atoms with van der Waals surface area (Å²) in [5.74, 6) is -0.527. The first-order valence-electron chi connectivity index (χ1n) is 5.13. The lowest BCUT2D eigenvalue weighted by molar-refractivity contribution is -0.134. The molecular weight excluding hydrogens is 216 g/mol. The number of aliphatic carboxylic acids is 1. The predicted molar refractivity (Wildman–Crippen MR) is 66.9 cm³/mol. The van der Waals surface area contributed by atoms with Gasteiger partial charge in [-0.2, -0.15) is 0 Å². The van der Waals surface area contributed by atoms with E-state index in [2.05, 4.69) is 0 Å². The van der Waals surface area contributed by atoms with Crippen LogP contribution in [0.25, 0.3) is 11.1 Å². The second-order valence-corrected chi connectivity index (χ2v) is 3.44. The SMILES string of the molecule is CC(=O)O.Oc1cccc(-c2ccccc2)c1. The number of carboxylic acid groups (broad SMARTS) is 1. The fourth-order valence-corrected chi connectivity index (χ4v) is 1.32. The summed E-state index contributed by atoms with van der Waals surface area (Å²) in [5.41, 5.74) is 2.17. The van der Waals surface area contributed by atoms with Crippen LogP contribution in [0, 0.1) is 0 Å². The molecule has 0 aromatic heterocycles. The van der Waals surface area contributed by atoms with E-state index < -0.39 is 5.97 Å². The summed E-state index contributed by atoms with van der Waals surface area (Å²) in [6, 6.07) is 17.3. The first-order chi connectivity index (χ1) is 8.09. The highest BCUT2D eigenvalue weighted by Gasteiger charge is 1.95. The van der Waals surface area contributed by atoms with E-state index in [1.54, 1.807) is 12.1 Å². The van der Waals surface area contributed by atoms with Crippen molar-refractivity contribution in [3.63, 3.8) is 0 Å². The Morgan fingerprint density at radius 1 is 0.941 bits per heavy atom. The molecule has 3 nitrogen and oxygen atoms in total. The molecule has 0 bridgehead atoms. The highest BCUT2D eigenvalue weighted by molar-refractivity contribution is 5.64. The van der Waals surface area contributed by atoms with Crippen LogP contribution >= 0.6 is 0 Å². The summed E-state index contributed by atoms with van der Waals surface area (Å²) < 4.78 is 0. The zero-order valence-electron chi connectivity index (χ0n) is 9.50. The molecule has 0 fully saturated rings. The summed E-state index contributed by atoms with van der Waals surface area (Å²) in [6.45, 7) is 1.08. The Balaban J connectivity index is 0.000000317. The van der Waals surface area contributed by atoms with Crippen LogP contribution in [-0.4, -0.2) is 16.2 Å². The lowest BCUT2D eigenvalue weighted by atomic mass is 10.1. The van der Waals surface area contributed by atoms with Gasteiger partial charge in [-0.3, -0.25) is 4.79 Å². The molecule has 0 atom stereocenters. The Bertz CT molecular complexity index is 474. The van der Waals surface area contributed by atoms with Crippen molar-refractivity contribution >= 4 is 5.97 Å². The Morgan fingerprint density at radius 3 is 2.00 bits per heavy atom. The number of carbonyl (C=O) groups is 1. The summed E-state index contributed by atoms with van der Waals surface area (Å²) >= 11 is 0. The van der Waals surface area contributed by atoms with Gasteiger partial charge in [0.25, 0.3) is 5.97 Å². The topological polar surface area (TPSA) is 57.5 Å². The molecule has 0 saturated carbocycles. The minimum Gasteiger partial charge on any atom is -0.508 e. The van der Waals surface area contributed by atoms with Crippen LogP contribution < -0.4 is 0 Å². The summed E-state index contributed by atoms with van der Waals surface area (Å²) in [5, 5.41) is 16.7. The van der Waals surface area contributed by atoms with Gasteiger partial charge in [-0.15, -0.1) is 0 Å². The van der Waals surface area contributed by atoms with Gasteiger partial charge in [0.05, 0.1) is 0 Å². The van der Waals surface area contributed by atoms with Gasteiger partial charge in [-0.05, 0) is 23.3 Å². The molecule has 0 aliphatic rings. The summed E-state index contributed by atoms with van der Waals surface area (Å²) in [4.78, 5) is 9.00. The molecule has 0 aliphatic heterocycles. The second-order valence-electron chi connectivity index (χ2n) is 3.44. The van der Waals surface area contributed by atoms with Crippen LogP contribution in [0.5, 0.6) is 5.75 Å². The van der Waals surface area contributed by atoms with E-state index in [9.17, 15) is 5.11 Å². The molecular formula is C14H14O3. The van der Waals surface area contributed by atoms with E-state index in [1.165, 1.54) is 0 Å². The molecule has 2 rings (SSSR count). The Labute approximate surface area is 100.0 Å². The third-order valence-electron chi connectivity index (χ3n) is 1.95. The zero-order valence-corrected chi connectivity index (χ0v) is 9.50. The fourth-order valence-electron chi connectivity index (χ4n) is 1.32. The molecule has 17 heavy (non-hydrogen) atoms. The molecule has 0 radical (unpaired) electrons. The Morgan fingerprint density at radius 2 is 1.47 bits per heavy atom. The first-order valence-corrected chi connectivity index (χ1v) is 5.13. The number of benzene rings is 2. The lowest BCUT2D eigenvalue weighted by Crippen LogP contribution is -1.78. The van der Waals surface area contributed by atoms with Gasteiger partial charge in [0.15, 0.2) is 0 Å². The van der Waals surface area contributed by atoms with E-state index in [0.717, 1.165) is 18.1 Å². The summed E-state index contributed by atoms with van der Waals surface area (Å²) in [6.07, 6.45) is 0. The third-order valence-corrected chi connectivity index (χ3v) is 1.95. The monoisotopic (exact) mass is 230 g/mol. The number of aromatic hydroxyl groups is 1. The predicted octanol–water partition coefficient (Wildman–Crippen LogP) is 3.15. The van der Waals surface area contributed by atoms with Crippen molar-refractivity contribution in [2.75, 3.05) is 0 Å². The lowest BCUT2D eigenvalue weighted by Gasteiger charge is -2.00. The van der Waals surface area contributed by atoms with Crippen LogP contribution in [0.3, 0.4) is 0 Å². The van der Waals surface area contributed by atoms with Gasteiger partial charge in [-0.25, -0.2) is 0 Å². The minimum absolute atomic E-state index is 0.307. The summed E-state index contributed by atoms with van der Waals surface area (Å²) in [7, 11) is 0. The van der Waals surface area contributed by atoms with Crippen molar-refractivity contribution in [3.05, 3.63) is 54.6 Å². The maximum atomic E-state index is 9.27. The molecule has 0 aliphatic carbocycles. The van der Waals surface area contributed by atoms with Crippen molar-refractivity contribution in [1.29, 1.82) is 0 Å². The molecule has 2 aromatic carbocycles. The highest BCUT2D eigenvalue weighted by atomic mass is 16.4. The number of rotatable bonds is 1. The largest absolute Gasteiger partial charge is 0.508 e. The molecule has 0 amide bonds. The highest BCUT2D eigenvalue weighted by Crippen LogP contribution is 2.22. The van der Waals surface area contributed by atoms with Gasteiger partial charge in [0.1, 0.15) is 5.75 Å². The van der Waals surface area contributed by atoms with E-state index in [-0.39, 0.29) is 0 Å².